The zero-order chi connectivity index (χ0) is 14.6. The quantitative estimate of drug-likeness (QED) is 0.605. The summed E-state index contributed by atoms with van der Waals surface area (Å²) in [4.78, 5) is 18.7. The maximum atomic E-state index is 11.1. The van der Waals surface area contributed by atoms with Gasteiger partial charge in [-0.3, -0.25) is 10.1 Å². The number of rotatable bonds is 6. The number of aromatic nitrogens is 2. The van der Waals surface area contributed by atoms with Crippen LogP contribution in [0.2, 0.25) is 0 Å². The van der Waals surface area contributed by atoms with Gasteiger partial charge in [-0.25, -0.2) is 4.98 Å². The van der Waals surface area contributed by atoms with Gasteiger partial charge in [0, 0.05) is 13.2 Å². The smallest absolute Gasteiger partial charge is 0.329 e. The van der Waals surface area contributed by atoms with Crippen LogP contribution in [-0.2, 0) is 4.74 Å². The molecule has 8 nitrogen and oxygen atoms in total. The van der Waals surface area contributed by atoms with E-state index in [1.54, 1.807) is 0 Å². The van der Waals surface area contributed by atoms with E-state index in [-0.39, 0.29) is 17.0 Å². The van der Waals surface area contributed by atoms with Gasteiger partial charge in [0.15, 0.2) is 0 Å². The highest BCUT2D eigenvalue weighted by molar-refractivity contribution is 5.58. The minimum atomic E-state index is -0.481. The lowest BCUT2D eigenvalue weighted by Crippen LogP contribution is -2.35. The molecule has 0 radical (unpaired) electrons. The molecule has 0 aliphatic carbocycles. The maximum Gasteiger partial charge on any atom is 0.329 e. The first-order valence-corrected chi connectivity index (χ1v) is 6.65. The Morgan fingerprint density at radius 2 is 2.40 bits per heavy atom. The molecule has 0 saturated carbocycles. The number of hydrogen-bond donors (Lipinski definition) is 2. The van der Waals surface area contributed by atoms with Crippen LogP contribution < -0.4 is 10.6 Å². The molecule has 0 bridgehead atoms. The Kier molecular flexibility index (Phi) is 4.33. The second-order valence-corrected chi connectivity index (χ2v) is 5.10. The van der Waals surface area contributed by atoms with Crippen molar-refractivity contribution in [2.24, 2.45) is 0 Å². The molecule has 0 aromatic carbocycles. The van der Waals surface area contributed by atoms with Crippen molar-refractivity contribution in [1.29, 1.82) is 0 Å². The monoisotopic (exact) mass is 281 g/mol. The van der Waals surface area contributed by atoms with Crippen molar-refractivity contribution in [2.75, 3.05) is 30.4 Å². The minimum Gasteiger partial charge on any atom is -0.379 e. The van der Waals surface area contributed by atoms with Crippen molar-refractivity contribution >= 4 is 17.5 Å². The standard InChI is InChI=1S/C12H19N5O3/c1-3-5-13-11-14-7-9(17(18)19)10(15-11)16-12(2)4-6-20-8-12/h7H,3-6,8H2,1-2H3,(H2,13,14,15,16). The van der Waals surface area contributed by atoms with Crippen molar-refractivity contribution in [2.45, 2.75) is 32.2 Å². The summed E-state index contributed by atoms with van der Waals surface area (Å²) in [6.07, 6.45) is 2.94. The van der Waals surface area contributed by atoms with Gasteiger partial charge in [0.05, 0.1) is 17.1 Å². The molecular weight excluding hydrogens is 262 g/mol. The Morgan fingerprint density at radius 1 is 1.60 bits per heavy atom. The number of nitrogens with zero attached hydrogens (tertiary/aromatic N) is 3. The van der Waals surface area contributed by atoms with E-state index < -0.39 is 4.92 Å². The minimum absolute atomic E-state index is 0.125. The molecular formula is C12H19N5O3. The lowest BCUT2D eigenvalue weighted by atomic mass is 10.0. The summed E-state index contributed by atoms with van der Waals surface area (Å²) < 4.78 is 5.34. The molecule has 1 unspecified atom stereocenters. The van der Waals surface area contributed by atoms with E-state index >= 15 is 0 Å². The van der Waals surface area contributed by atoms with E-state index in [9.17, 15) is 10.1 Å². The summed E-state index contributed by atoms with van der Waals surface area (Å²) in [5.74, 6) is 0.624. The van der Waals surface area contributed by atoms with E-state index in [4.69, 9.17) is 4.74 Å². The molecule has 2 heterocycles. The topological polar surface area (TPSA) is 102 Å². The molecule has 8 heteroatoms. The van der Waals surface area contributed by atoms with E-state index in [0.717, 1.165) is 19.4 Å². The number of ether oxygens (including phenoxy) is 1. The third-order valence-electron chi connectivity index (χ3n) is 3.14. The highest BCUT2D eigenvalue weighted by Crippen LogP contribution is 2.29. The zero-order valence-electron chi connectivity index (χ0n) is 11.7. The first-order chi connectivity index (χ1) is 9.54. The van der Waals surface area contributed by atoms with E-state index in [2.05, 4.69) is 20.6 Å². The SMILES string of the molecule is CCCNc1ncc([N+](=O)[O-])c(NC2(C)CCOC2)n1. The number of anilines is 2. The molecule has 1 aromatic rings. The van der Waals surface area contributed by atoms with Crippen molar-refractivity contribution in [1.82, 2.24) is 9.97 Å². The maximum absolute atomic E-state index is 11.1. The lowest BCUT2D eigenvalue weighted by Gasteiger charge is -2.24. The fourth-order valence-corrected chi connectivity index (χ4v) is 1.97. The summed E-state index contributed by atoms with van der Waals surface area (Å²) in [5.41, 5.74) is -0.457. The molecule has 20 heavy (non-hydrogen) atoms. The number of nitro groups is 1. The number of hydrogen-bond acceptors (Lipinski definition) is 7. The Balaban J connectivity index is 2.24. The molecule has 1 atom stereocenters. The van der Waals surface area contributed by atoms with Gasteiger partial charge in [0.1, 0.15) is 6.20 Å². The predicted octanol–water partition coefficient (Wildman–Crippen LogP) is 1.80. The van der Waals surface area contributed by atoms with Crippen LogP contribution in [0.25, 0.3) is 0 Å². The molecule has 110 valence electrons. The van der Waals surface area contributed by atoms with Crippen LogP contribution in [-0.4, -0.2) is 40.2 Å². The zero-order valence-corrected chi connectivity index (χ0v) is 11.7. The van der Waals surface area contributed by atoms with Gasteiger partial charge in [-0.15, -0.1) is 0 Å². The van der Waals surface area contributed by atoms with Crippen LogP contribution in [0.5, 0.6) is 0 Å². The van der Waals surface area contributed by atoms with Gasteiger partial charge < -0.3 is 15.4 Å². The summed E-state index contributed by atoms with van der Waals surface area (Å²) in [6.45, 7) is 5.85. The fraction of sp³-hybridized carbons (Fsp3) is 0.667. The largest absolute Gasteiger partial charge is 0.379 e. The highest BCUT2D eigenvalue weighted by Gasteiger charge is 2.32. The summed E-state index contributed by atoms with van der Waals surface area (Å²) in [5, 5.41) is 17.2. The van der Waals surface area contributed by atoms with Crippen LogP contribution in [0.15, 0.2) is 6.20 Å². The molecule has 2 N–H and O–H groups in total. The second kappa shape index (κ2) is 6.00. The third-order valence-corrected chi connectivity index (χ3v) is 3.14. The fourth-order valence-electron chi connectivity index (χ4n) is 1.97. The molecule has 0 amide bonds. The van der Waals surface area contributed by atoms with E-state index in [1.807, 2.05) is 13.8 Å². The van der Waals surface area contributed by atoms with Gasteiger partial charge >= 0.3 is 5.69 Å². The average molecular weight is 281 g/mol. The average Bonchev–Trinajstić information content (AvgIpc) is 2.82. The first-order valence-electron chi connectivity index (χ1n) is 6.65. The van der Waals surface area contributed by atoms with Gasteiger partial charge in [-0.2, -0.15) is 4.98 Å². The van der Waals surface area contributed by atoms with Crippen LogP contribution in [0.4, 0.5) is 17.5 Å². The van der Waals surface area contributed by atoms with Crippen molar-refractivity contribution in [3.8, 4) is 0 Å². The Bertz CT molecular complexity index is 488. The lowest BCUT2D eigenvalue weighted by molar-refractivity contribution is -0.384. The third kappa shape index (κ3) is 3.32. The second-order valence-electron chi connectivity index (χ2n) is 5.10. The molecule has 1 fully saturated rings. The predicted molar refractivity (Wildman–Crippen MR) is 74.9 cm³/mol. The van der Waals surface area contributed by atoms with Crippen molar-refractivity contribution in [3.05, 3.63) is 16.3 Å². The van der Waals surface area contributed by atoms with E-state index in [1.165, 1.54) is 6.20 Å². The molecule has 1 aliphatic heterocycles. The Labute approximate surface area is 117 Å². The molecule has 1 saturated heterocycles. The first kappa shape index (κ1) is 14.4. The molecule has 2 rings (SSSR count). The molecule has 1 aliphatic rings. The highest BCUT2D eigenvalue weighted by atomic mass is 16.6. The van der Waals surface area contributed by atoms with E-state index in [0.29, 0.717) is 19.2 Å². The molecule has 0 spiro atoms. The normalized spacial score (nSPS) is 21.7. The van der Waals surface area contributed by atoms with Gasteiger partial charge in [-0.05, 0) is 19.8 Å². The summed E-state index contributed by atoms with van der Waals surface area (Å²) in [6, 6.07) is 0. The van der Waals surface area contributed by atoms with Crippen LogP contribution in [0, 0.1) is 10.1 Å². The summed E-state index contributed by atoms with van der Waals surface area (Å²) in [7, 11) is 0. The van der Waals surface area contributed by atoms with Crippen molar-refractivity contribution in [3.63, 3.8) is 0 Å². The van der Waals surface area contributed by atoms with Crippen LogP contribution in [0.1, 0.15) is 26.7 Å². The Morgan fingerprint density at radius 3 is 3.00 bits per heavy atom. The van der Waals surface area contributed by atoms with Gasteiger partial charge in [0.2, 0.25) is 11.8 Å². The van der Waals surface area contributed by atoms with Crippen LogP contribution >= 0.6 is 0 Å². The van der Waals surface area contributed by atoms with Gasteiger partial charge in [0.25, 0.3) is 0 Å². The summed E-state index contributed by atoms with van der Waals surface area (Å²) >= 11 is 0. The Hall–Kier alpha value is -1.96. The molecule has 1 aromatic heterocycles. The van der Waals surface area contributed by atoms with Crippen molar-refractivity contribution < 1.29 is 9.66 Å². The van der Waals surface area contributed by atoms with Crippen LogP contribution in [0.3, 0.4) is 0 Å². The van der Waals surface area contributed by atoms with Gasteiger partial charge in [-0.1, -0.05) is 6.92 Å². The number of nitrogens with one attached hydrogen (secondary N) is 2.